The Hall–Kier alpha value is -1.63. The van der Waals surface area contributed by atoms with E-state index in [1.807, 2.05) is 6.92 Å². The van der Waals surface area contributed by atoms with Gasteiger partial charge in [-0.2, -0.15) is 0 Å². The Balaban J connectivity index is 2.16. The summed E-state index contributed by atoms with van der Waals surface area (Å²) in [7, 11) is -3.01. The van der Waals surface area contributed by atoms with E-state index in [0.717, 1.165) is 6.42 Å². The zero-order valence-electron chi connectivity index (χ0n) is 13.9. The van der Waals surface area contributed by atoms with Crippen LogP contribution in [0.2, 0.25) is 0 Å². The Morgan fingerprint density at radius 3 is 2.78 bits per heavy atom. The first-order valence-corrected chi connectivity index (χ1v) is 9.92. The second-order valence-corrected chi connectivity index (χ2v) is 8.26. The number of pyridine rings is 1. The summed E-state index contributed by atoms with van der Waals surface area (Å²) in [4.78, 5) is 18.7. The zero-order chi connectivity index (χ0) is 17.0. The highest BCUT2D eigenvalue weighted by Crippen LogP contribution is 2.20. The van der Waals surface area contributed by atoms with Crippen LogP contribution in [-0.4, -0.2) is 54.3 Å². The molecule has 0 spiro atoms. The molecular weight excluding hydrogens is 314 g/mol. The average molecular weight is 339 g/mol. The Morgan fingerprint density at radius 2 is 2.22 bits per heavy atom. The molecule has 1 saturated heterocycles. The minimum Gasteiger partial charge on any atom is -0.368 e. The molecule has 1 amide bonds. The zero-order valence-corrected chi connectivity index (χ0v) is 14.8. The average Bonchev–Trinajstić information content (AvgIpc) is 2.88. The molecule has 1 aliphatic rings. The molecular formula is C16H25N3O3S. The number of rotatable bonds is 6. The number of aromatic nitrogens is 1. The third-order valence-electron chi connectivity index (χ3n) is 4.26. The summed E-state index contributed by atoms with van der Waals surface area (Å²) in [6.07, 6.45) is 3.09. The molecule has 2 unspecified atom stereocenters. The fourth-order valence-corrected chi connectivity index (χ4v) is 4.48. The minimum atomic E-state index is -3.01. The highest BCUT2D eigenvalue weighted by molar-refractivity contribution is 7.91. The molecule has 1 aromatic rings. The van der Waals surface area contributed by atoms with Gasteiger partial charge in [-0.15, -0.1) is 0 Å². The third kappa shape index (κ3) is 4.43. The number of amides is 1. The van der Waals surface area contributed by atoms with Crippen molar-refractivity contribution in [3.05, 3.63) is 23.9 Å². The smallest absolute Gasteiger partial charge is 0.254 e. The molecule has 128 valence electrons. The fourth-order valence-electron chi connectivity index (χ4n) is 2.75. The Morgan fingerprint density at radius 1 is 1.48 bits per heavy atom. The van der Waals surface area contributed by atoms with Gasteiger partial charge < -0.3 is 10.2 Å². The van der Waals surface area contributed by atoms with Gasteiger partial charge in [-0.25, -0.2) is 13.4 Å². The summed E-state index contributed by atoms with van der Waals surface area (Å²) < 4.78 is 23.3. The van der Waals surface area contributed by atoms with Crippen LogP contribution in [-0.2, 0) is 9.84 Å². The lowest BCUT2D eigenvalue weighted by Gasteiger charge is -2.27. The lowest BCUT2D eigenvalue weighted by Crippen LogP contribution is -2.41. The minimum absolute atomic E-state index is 0.0651. The largest absolute Gasteiger partial charge is 0.368 e. The molecule has 0 radical (unpaired) electrons. The van der Waals surface area contributed by atoms with Gasteiger partial charge >= 0.3 is 0 Å². The van der Waals surface area contributed by atoms with E-state index < -0.39 is 9.84 Å². The molecule has 0 bridgehead atoms. The summed E-state index contributed by atoms with van der Waals surface area (Å²) in [5, 5.41) is 3.25. The van der Waals surface area contributed by atoms with Crippen molar-refractivity contribution in [2.24, 2.45) is 0 Å². The van der Waals surface area contributed by atoms with Crippen molar-refractivity contribution in [3.8, 4) is 0 Å². The van der Waals surface area contributed by atoms with Crippen LogP contribution in [0.3, 0.4) is 0 Å². The molecule has 1 aromatic heterocycles. The van der Waals surface area contributed by atoms with Gasteiger partial charge in [0.25, 0.3) is 5.91 Å². The number of hydrogen-bond acceptors (Lipinski definition) is 5. The van der Waals surface area contributed by atoms with Crippen LogP contribution in [0.1, 0.15) is 44.0 Å². The summed E-state index contributed by atoms with van der Waals surface area (Å²) in [5.74, 6) is 0.762. The molecule has 0 aliphatic carbocycles. The Bertz CT molecular complexity index is 660. The number of sulfone groups is 1. The van der Waals surface area contributed by atoms with Crippen molar-refractivity contribution in [1.29, 1.82) is 0 Å². The first kappa shape index (κ1) is 17.7. The number of nitrogens with one attached hydrogen (secondary N) is 1. The van der Waals surface area contributed by atoms with Gasteiger partial charge in [-0.3, -0.25) is 4.79 Å². The molecule has 2 rings (SSSR count). The molecule has 6 nitrogen and oxygen atoms in total. The van der Waals surface area contributed by atoms with Gasteiger partial charge in [0.15, 0.2) is 9.84 Å². The van der Waals surface area contributed by atoms with Crippen molar-refractivity contribution in [3.63, 3.8) is 0 Å². The lowest BCUT2D eigenvalue weighted by molar-refractivity contribution is 0.0708. The quantitative estimate of drug-likeness (QED) is 0.857. The molecule has 7 heteroatoms. The van der Waals surface area contributed by atoms with E-state index in [2.05, 4.69) is 24.1 Å². The molecule has 1 fully saturated rings. The van der Waals surface area contributed by atoms with Crippen LogP contribution >= 0.6 is 0 Å². The maximum absolute atomic E-state index is 12.8. The highest BCUT2D eigenvalue weighted by atomic mass is 32.2. The lowest BCUT2D eigenvalue weighted by atomic mass is 10.1. The molecule has 0 aromatic carbocycles. The van der Waals surface area contributed by atoms with E-state index in [0.29, 0.717) is 24.3 Å². The van der Waals surface area contributed by atoms with E-state index in [4.69, 9.17) is 0 Å². The molecule has 1 N–H and O–H groups in total. The normalized spacial score (nSPS) is 20.9. The van der Waals surface area contributed by atoms with Crippen molar-refractivity contribution in [2.45, 2.75) is 45.7 Å². The summed E-state index contributed by atoms with van der Waals surface area (Å²) in [5.41, 5.74) is 0.539. The molecule has 1 aliphatic heterocycles. The number of nitrogens with zero attached hydrogens (tertiary/aromatic N) is 2. The van der Waals surface area contributed by atoms with E-state index >= 15 is 0 Å². The second-order valence-electron chi connectivity index (χ2n) is 6.03. The maximum atomic E-state index is 12.8. The number of carbonyl (C=O) groups excluding carboxylic acids is 1. The third-order valence-corrected chi connectivity index (χ3v) is 6.01. The monoisotopic (exact) mass is 339 g/mol. The van der Waals surface area contributed by atoms with Crippen LogP contribution in [0, 0.1) is 0 Å². The van der Waals surface area contributed by atoms with Gasteiger partial charge in [0.05, 0.1) is 11.5 Å². The van der Waals surface area contributed by atoms with Gasteiger partial charge in [0.2, 0.25) is 0 Å². The van der Waals surface area contributed by atoms with Gasteiger partial charge in [0.1, 0.15) is 5.82 Å². The van der Waals surface area contributed by atoms with Crippen molar-refractivity contribution < 1.29 is 13.2 Å². The first-order chi connectivity index (χ1) is 10.9. The predicted octanol–water partition coefficient (Wildman–Crippen LogP) is 1.94. The van der Waals surface area contributed by atoms with Crippen molar-refractivity contribution in [1.82, 2.24) is 9.88 Å². The van der Waals surface area contributed by atoms with E-state index in [1.54, 1.807) is 23.2 Å². The fraction of sp³-hybridized carbons (Fsp3) is 0.625. The summed E-state index contributed by atoms with van der Waals surface area (Å²) in [6.45, 7) is 6.50. The van der Waals surface area contributed by atoms with Gasteiger partial charge in [-0.1, -0.05) is 6.92 Å². The van der Waals surface area contributed by atoms with Crippen molar-refractivity contribution >= 4 is 21.6 Å². The highest BCUT2D eigenvalue weighted by Gasteiger charge is 2.34. The predicted molar refractivity (Wildman–Crippen MR) is 91.4 cm³/mol. The summed E-state index contributed by atoms with van der Waals surface area (Å²) in [6, 6.07) is 3.46. The van der Waals surface area contributed by atoms with Crippen LogP contribution in [0.5, 0.6) is 0 Å². The summed E-state index contributed by atoms with van der Waals surface area (Å²) >= 11 is 0. The van der Waals surface area contributed by atoms with Crippen LogP contribution in [0.25, 0.3) is 0 Å². The SMILES string of the molecule is CCC(C)Nc1cc(C(=O)N(CC)C2CCS(=O)(=O)C2)ccn1. The van der Waals surface area contributed by atoms with E-state index in [9.17, 15) is 13.2 Å². The Kier molecular flexibility index (Phi) is 5.62. The Labute approximate surface area is 138 Å². The number of anilines is 1. The number of carbonyl (C=O) groups is 1. The first-order valence-electron chi connectivity index (χ1n) is 8.10. The second kappa shape index (κ2) is 7.29. The topological polar surface area (TPSA) is 79.4 Å². The van der Waals surface area contributed by atoms with E-state index in [-0.39, 0.29) is 29.5 Å². The van der Waals surface area contributed by atoms with Crippen LogP contribution in [0.4, 0.5) is 5.82 Å². The van der Waals surface area contributed by atoms with Crippen LogP contribution in [0.15, 0.2) is 18.3 Å². The van der Waals surface area contributed by atoms with Gasteiger partial charge in [0, 0.05) is 30.4 Å². The maximum Gasteiger partial charge on any atom is 0.254 e. The van der Waals surface area contributed by atoms with E-state index in [1.165, 1.54) is 0 Å². The molecule has 23 heavy (non-hydrogen) atoms. The number of hydrogen-bond donors (Lipinski definition) is 1. The molecule has 2 heterocycles. The molecule has 2 atom stereocenters. The van der Waals surface area contributed by atoms with Crippen LogP contribution < -0.4 is 5.32 Å². The standard InChI is InChI=1S/C16H25N3O3S/c1-4-12(3)18-15-10-13(6-8-17-15)16(20)19(5-2)14-7-9-23(21,22)11-14/h6,8,10,12,14H,4-5,7,9,11H2,1-3H3,(H,17,18). The van der Waals surface area contributed by atoms with Gasteiger partial charge in [-0.05, 0) is 38.8 Å². The molecule has 0 saturated carbocycles. The van der Waals surface area contributed by atoms with Crippen molar-refractivity contribution in [2.75, 3.05) is 23.4 Å².